The Kier molecular flexibility index (Phi) is 9.74. The summed E-state index contributed by atoms with van der Waals surface area (Å²) in [5, 5.41) is 12.1. The highest BCUT2D eigenvalue weighted by Gasteiger charge is 2.02. The van der Waals surface area contributed by atoms with Crippen LogP contribution in [0.1, 0.15) is 63.9 Å². The van der Waals surface area contributed by atoms with Gasteiger partial charge in [-0.25, -0.2) is 4.98 Å². The zero-order chi connectivity index (χ0) is 21.6. The summed E-state index contributed by atoms with van der Waals surface area (Å²) in [6.45, 7) is 2.27. The number of nitrogens with zero attached hydrogens (tertiary/aromatic N) is 3. The molecule has 0 bridgehead atoms. The molecule has 0 aliphatic heterocycles. The Labute approximate surface area is 186 Å². The first-order valence-corrected chi connectivity index (χ1v) is 11.6. The van der Waals surface area contributed by atoms with Gasteiger partial charge in [-0.15, -0.1) is 10.2 Å². The van der Waals surface area contributed by atoms with Crippen molar-refractivity contribution in [2.75, 3.05) is 5.32 Å². The molecule has 1 heterocycles. The van der Waals surface area contributed by atoms with Gasteiger partial charge < -0.3 is 5.32 Å². The monoisotopic (exact) mass is 414 g/mol. The molecule has 0 atom stereocenters. The van der Waals surface area contributed by atoms with Crippen molar-refractivity contribution >= 4 is 22.9 Å². The van der Waals surface area contributed by atoms with Gasteiger partial charge >= 0.3 is 0 Å². The minimum Gasteiger partial charge on any atom is -0.354 e. The first-order chi connectivity index (χ1) is 15.3. The van der Waals surface area contributed by atoms with Gasteiger partial charge in [-0.3, -0.25) is 0 Å². The number of aromatic nitrogens is 1. The third-order valence-electron chi connectivity index (χ3n) is 5.37. The number of para-hydroxylation sites is 1. The van der Waals surface area contributed by atoms with Crippen LogP contribution in [0.15, 0.2) is 83.2 Å². The van der Waals surface area contributed by atoms with Gasteiger partial charge in [0.1, 0.15) is 5.69 Å². The van der Waals surface area contributed by atoms with Gasteiger partial charge in [0.25, 0.3) is 0 Å². The van der Waals surface area contributed by atoms with E-state index in [1.807, 2.05) is 42.5 Å². The number of anilines is 2. The Morgan fingerprint density at radius 2 is 1.42 bits per heavy atom. The van der Waals surface area contributed by atoms with Crippen molar-refractivity contribution in [3.8, 4) is 0 Å². The van der Waals surface area contributed by atoms with E-state index in [-0.39, 0.29) is 0 Å². The van der Waals surface area contributed by atoms with E-state index in [4.69, 9.17) is 0 Å². The van der Waals surface area contributed by atoms with Gasteiger partial charge in [0.2, 0.25) is 0 Å². The van der Waals surface area contributed by atoms with Gasteiger partial charge in [-0.1, -0.05) is 82.2 Å². The van der Waals surface area contributed by atoms with Crippen molar-refractivity contribution in [1.82, 2.24) is 4.98 Å². The summed E-state index contributed by atoms with van der Waals surface area (Å²) in [6, 6.07) is 22.3. The number of hydrogen-bond acceptors (Lipinski definition) is 4. The van der Waals surface area contributed by atoms with Crippen LogP contribution in [0.5, 0.6) is 0 Å². The number of rotatable bonds is 13. The van der Waals surface area contributed by atoms with Crippen molar-refractivity contribution in [2.45, 2.75) is 64.7 Å². The SMILES string of the molecule is CCCCCCCCCCc1ccc(Nc2ccccc2N=Nc2ccccn2)cc1. The molecule has 1 aromatic heterocycles. The van der Waals surface area contributed by atoms with Crippen LogP contribution in [0.4, 0.5) is 22.9 Å². The number of aryl methyl sites for hydroxylation is 1. The molecule has 0 spiro atoms. The molecule has 162 valence electrons. The van der Waals surface area contributed by atoms with Crippen LogP contribution >= 0.6 is 0 Å². The molecular formula is C27H34N4. The van der Waals surface area contributed by atoms with Crippen LogP contribution in [0.2, 0.25) is 0 Å². The fraction of sp³-hybridized carbons (Fsp3) is 0.370. The normalized spacial score (nSPS) is 11.1. The zero-order valence-corrected chi connectivity index (χ0v) is 18.6. The second-order valence-corrected chi connectivity index (χ2v) is 7.95. The van der Waals surface area contributed by atoms with E-state index in [9.17, 15) is 0 Å². The molecule has 1 N–H and O–H groups in total. The average Bonchev–Trinajstić information content (AvgIpc) is 2.82. The van der Waals surface area contributed by atoms with E-state index in [2.05, 4.69) is 51.7 Å². The van der Waals surface area contributed by atoms with Crippen LogP contribution < -0.4 is 5.32 Å². The molecule has 4 heteroatoms. The lowest BCUT2D eigenvalue weighted by atomic mass is 10.0. The molecule has 3 aromatic rings. The van der Waals surface area contributed by atoms with Crippen molar-refractivity contribution in [1.29, 1.82) is 0 Å². The zero-order valence-electron chi connectivity index (χ0n) is 18.6. The van der Waals surface area contributed by atoms with Gasteiger partial charge in [-0.2, -0.15) is 0 Å². The number of unbranched alkanes of at least 4 members (excludes halogenated alkanes) is 7. The molecule has 3 rings (SSSR count). The predicted octanol–water partition coefficient (Wildman–Crippen LogP) is 8.92. The smallest absolute Gasteiger partial charge is 0.174 e. The summed E-state index contributed by atoms with van der Waals surface area (Å²) in [4.78, 5) is 4.19. The minimum atomic E-state index is 0.600. The lowest BCUT2D eigenvalue weighted by Gasteiger charge is -2.10. The molecule has 0 aliphatic carbocycles. The molecule has 31 heavy (non-hydrogen) atoms. The lowest BCUT2D eigenvalue weighted by Crippen LogP contribution is -1.92. The number of azo groups is 1. The molecule has 0 fully saturated rings. The highest BCUT2D eigenvalue weighted by atomic mass is 15.2. The van der Waals surface area contributed by atoms with Crippen molar-refractivity contribution in [3.63, 3.8) is 0 Å². The summed E-state index contributed by atoms with van der Waals surface area (Å²) in [7, 11) is 0. The first kappa shape index (κ1) is 22.7. The standard InChI is InChI=1S/C27H34N4/c1-2-3-4-5-6-7-8-9-14-23-18-20-24(21-19-23)29-25-15-10-11-16-26(25)30-31-27-17-12-13-22-28-27/h10-13,15-22,29H,2-9,14H2,1H3. The van der Waals surface area contributed by atoms with Crippen LogP contribution in [0.25, 0.3) is 0 Å². The Bertz CT molecular complexity index is 904. The van der Waals surface area contributed by atoms with E-state index < -0.39 is 0 Å². The number of benzene rings is 2. The second-order valence-electron chi connectivity index (χ2n) is 7.95. The fourth-order valence-corrected chi connectivity index (χ4v) is 3.56. The minimum absolute atomic E-state index is 0.600. The maximum Gasteiger partial charge on any atom is 0.174 e. The predicted molar refractivity (Wildman–Crippen MR) is 131 cm³/mol. The van der Waals surface area contributed by atoms with Crippen LogP contribution in [0.3, 0.4) is 0 Å². The van der Waals surface area contributed by atoms with Crippen LogP contribution in [-0.2, 0) is 6.42 Å². The largest absolute Gasteiger partial charge is 0.354 e. The van der Waals surface area contributed by atoms with Gasteiger partial charge in [0, 0.05) is 11.9 Å². The van der Waals surface area contributed by atoms with Crippen LogP contribution in [0, 0.1) is 0 Å². The Morgan fingerprint density at radius 1 is 0.710 bits per heavy atom. The van der Waals surface area contributed by atoms with Gasteiger partial charge in [0.15, 0.2) is 5.82 Å². The maximum absolute atomic E-state index is 4.37. The third-order valence-corrected chi connectivity index (χ3v) is 5.37. The Morgan fingerprint density at radius 3 is 2.16 bits per heavy atom. The Hall–Kier alpha value is -3.01. The molecule has 0 amide bonds. The number of pyridine rings is 1. The van der Waals surface area contributed by atoms with Crippen molar-refractivity contribution in [2.24, 2.45) is 10.2 Å². The maximum atomic E-state index is 4.37. The van der Waals surface area contributed by atoms with E-state index in [1.54, 1.807) is 6.20 Å². The summed E-state index contributed by atoms with van der Waals surface area (Å²) in [5.74, 6) is 0.600. The topological polar surface area (TPSA) is 49.6 Å². The number of hydrogen-bond donors (Lipinski definition) is 1. The molecule has 0 saturated carbocycles. The summed E-state index contributed by atoms with van der Waals surface area (Å²) >= 11 is 0. The molecule has 0 saturated heterocycles. The third kappa shape index (κ3) is 8.33. The van der Waals surface area contributed by atoms with Crippen molar-refractivity contribution in [3.05, 3.63) is 78.5 Å². The highest BCUT2D eigenvalue weighted by Crippen LogP contribution is 2.29. The molecule has 2 aromatic carbocycles. The number of nitrogens with one attached hydrogen (secondary N) is 1. The second kappa shape index (κ2) is 13.3. The molecule has 0 unspecified atom stereocenters. The van der Waals surface area contributed by atoms with Crippen LogP contribution in [-0.4, -0.2) is 4.98 Å². The van der Waals surface area contributed by atoms with E-state index in [0.29, 0.717) is 5.82 Å². The van der Waals surface area contributed by atoms with Crippen molar-refractivity contribution < 1.29 is 0 Å². The quantitative estimate of drug-likeness (QED) is 0.224. The van der Waals surface area contributed by atoms with Gasteiger partial charge in [0.05, 0.1) is 5.69 Å². The summed E-state index contributed by atoms with van der Waals surface area (Å²) in [5.41, 5.74) is 4.17. The highest BCUT2D eigenvalue weighted by molar-refractivity contribution is 5.71. The van der Waals surface area contributed by atoms with Gasteiger partial charge in [-0.05, 0) is 54.8 Å². The average molecular weight is 415 g/mol. The van der Waals surface area contributed by atoms with E-state index in [1.165, 1.54) is 56.9 Å². The van der Waals surface area contributed by atoms with E-state index in [0.717, 1.165) is 23.5 Å². The lowest BCUT2D eigenvalue weighted by molar-refractivity contribution is 0.575. The molecule has 4 nitrogen and oxygen atoms in total. The first-order valence-electron chi connectivity index (χ1n) is 11.6. The fourth-order valence-electron chi connectivity index (χ4n) is 3.56. The molecular weight excluding hydrogens is 380 g/mol. The summed E-state index contributed by atoms with van der Waals surface area (Å²) in [6.07, 6.45) is 13.8. The molecule has 0 radical (unpaired) electrons. The Balaban J connectivity index is 1.47. The summed E-state index contributed by atoms with van der Waals surface area (Å²) < 4.78 is 0. The van der Waals surface area contributed by atoms with E-state index >= 15 is 0 Å². The molecule has 0 aliphatic rings.